The van der Waals surface area contributed by atoms with E-state index in [-0.39, 0.29) is 12.4 Å². The van der Waals surface area contributed by atoms with Crippen molar-refractivity contribution in [1.29, 1.82) is 0 Å². The van der Waals surface area contributed by atoms with E-state index in [4.69, 9.17) is 4.74 Å². The van der Waals surface area contributed by atoms with Gasteiger partial charge in [0.05, 0.1) is 6.61 Å². The summed E-state index contributed by atoms with van der Waals surface area (Å²) in [4.78, 5) is 0. The van der Waals surface area contributed by atoms with E-state index >= 15 is 0 Å². The minimum atomic E-state index is -1.10. The standard InChI is InChI=1S/C16H17FO2/c1-19-12-16(18,14-5-3-2-4-6-14)11-13-7-9-15(17)10-8-13/h2-10,18H,11-12H2,1H3. The number of halogens is 1. The van der Waals surface area contributed by atoms with Crippen LogP contribution in [0.1, 0.15) is 11.1 Å². The zero-order valence-electron chi connectivity index (χ0n) is 10.8. The molecule has 2 rings (SSSR count). The van der Waals surface area contributed by atoms with Gasteiger partial charge in [-0.25, -0.2) is 4.39 Å². The second kappa shape index (κ2) is 5.95. The van der Waals surface area contributed by atoms with E-state index in [1.54, 1.807) is 19.2 Å². The van der Waals surface area contributed by atoms with Gasteiger partial charge in [0, 0.05) is 13.5 Å². The minimum Gasteiger partial charge on any atom is -0.382 e. The van der Waals surface area contributed by atoms with Gasteiger partial charge in [-0.15, -0.1) is 0 Å². The zero-order chi connectivity index (χ0) is 13.7. The van der Waals surface area contributed by atoms with Gasteiger partial charge in [-0.1, -0.05) is 42.5 Å². The first kappa shape index (κ1) is 13.7. The van der Waals surface area contributed by atoms with E-state index in [0.29, 0.717) is 6.42 Å². The molecular formula is C16H17FO2. The summed E-state index contributed by atoms with van der Waals surface area (Å²) >= 11 is 0. The van der Waals surface area contributed by atoms with Crippen LogP contribution in [-0.2, 0) is 16.8 Å². The highest BCUT2D eigenvalue weighted by atomic mass is 19.1. The number of methoxy groups -OCH3 is 1. The fourth-order valence-corrected chi connectivity index (χ4v) is 2.16. The van der Waals surface area contributed by atoms with Crippen molar-refractivity contribution < 1.29 is 14.2 Å². The van der Waals surface area contributed by atoms with E-state index in [9.17, 15) is 9.50 Å². The molecule has 2 nitrogen and oxygen atoms in total. The Labute approximate surface area is 112 Å². The third kappa shape index (κ3) is 3.40. The lowest BCUT2D eigenvalue weighted by Crippen LogP contribution is -2.33. The van der Waals surface area contributed by atoms with Crippen LogP contribution in [-0.4, -0.2) is 18.8 Å². The van der Waals surface area contributed by atoms with Gasteiger partial charge >= 0.3 is 0 Å². The number of aliphatic hydroxyl groups is 1. The maximum absolute atomic E-state index is 12.9. The molecule has 0 bridgehead atoms. The van der Waals surface area contributed by atoms with Gasteiger partial charge in [-0.3, -0.25) is 0 Å². The molecular weight excluding hydrogens is 243 g/mol. The van der Waals surface area contributed by atoms with Crippen LogP contribution in [0.25, 0.3) is 0 Å². The molecule has 2 aromatic carbocycles. The molecule has 0 aliphatic carbocycles. The summed E-state index contributed by atoms with van der Waals surface area (Å²) in [6.45, 7) is 0.189. The SMILES string of the molecule is COCC(O)(Cc1ccc(F)cc1)c1ccccc1. The molecule has 19 heavy (non-hydrogen) atoms. The van der Waals surface area contributed by atoms with Crippen LogP contribution in [0, 0.1) is 5.82 Å². The smallest absolute Gasteiger partial charge is 0.123 e. The molecule has 0 saturated heterocycles. The Hall–Kier alpha value is -1.71. The summed E-state index contributed by atoms with van der Waals surface area (Å²) in [5, 5.41) is 10.8. The van der Waals surface area contributed by atoms with Crippen molar-refractivity contribution in [2.75, 3.05) is 13.7 Å². The van der Waals surface area contributed by atoms with Gasteiger partial charge in [-0.2, -0.15) is 0 Å². The Morgan fingerprint density at radius 1 is 1.05 bits per heavy atom. The van der Waals surface area contributed by atoms with E-state index in [2.05, 4.69) is 0 Å². The molecule has 0 amide bonds. The number of ether oxygens (including phenoxy) is 1. The van der Waals surface area contributed by atoms with Crippen molar-refractivity contribution in [2.24, 2.45) is 0 Å². The highest BCUT2D eigenvalue weighted by Gasteiger charge is 2.29. The van der Waals surface area contributed by atoms with Crippen LogP contribution < -0.4 is 0 Å². The maximum Gasteiger partial charge on any atom is 0.123 e. The molecule has 1 unspecified atom stereocenters. The predicted molar refractivity (Wildman–Crippen MR) is 72.3 cm³/mol. The molecule has 0 spiro atoms. The number of hydrogen-bond donors (Lipinski definition) is 1. The molecule has 1 N–H and O–H groups in total. The van der Waals surface area contributed by atoms with Crippen molar-refractivity contribution in [2.45, 2.75) is 12.0 Å². The van der Waals surface area contributed by atoms with E-state index in [1.165, 1.54) is 12.1 Å². The summed E-state index contributed by atoms with van der Waals surface area (Å²) < 4.78 is 18.0. The molecule has 100 valence electrons. The first-order valence-corrected chi connectivity index (χ1v) is 6.15. The molecule has 0 fully saturated rings. The highest BCUT2D eigenvalue weighted by molar-refractivity contribution is 5.27. The fourth-order valence-electron chi connectivity index (χ4n) is 2.16. The lowest BCUT2D eigenvalue weighted by Gasteiger charge is -2.28. The second-order valence-corrected chi connectivity index (χ2v) is 4.63. The Kier molecular flexibility index (Phi) is 4.30. The number of hydrogen-bond acceptors (Lipinski definition) is 2. The summed E-state index contributed by atoms with van der Waals surface area (Å²) in [6.07, 6.45) is 0.380. The Morgan fingerprint density at radius 2 is 1.68 bits per heavy atom. The molecule has 0 aromatic heterocycles. The normalized spacial score (nSPS) is 14.1. The van der Waals surface area contributed by atoms with Crippen LogP contribution in [0.15, 0.2) is 54.6 Å². The van der Waals surface area contributed by atoms with Gasteiger partial charge in [0.15, 0.2) is 0 Å². The van der Waals surface area contributed by atoms with Gasteiger partial charge in [0.2, 0.25) is 0 Å². The van der Waals surface area contributed by atoms with E-state index < -0.39 is 5.60 Å². The summed E-state index contributed by atoms with van der Waals surface area (Å²) in [7, 11) is 1.55. The molecule has 2 aromatic rings. The molecule has 0 aliphatic heterocycles. The average Bonchev–Trinajstić information content (AvgIpc) is 2.43. The Morgan fingerprint density at radius 3 is 2.26 bits per heavy atom. The second-order valence-electron chi connectivity index (χ2n) is 4.63. The summed E-state index contributed by atoms with van der Waals surface area (Å²) in [5.74, 6) is -0.279. The fraction of sp³-hybridized carbons (Fsp3) is 0.250. The quantitative estimate of drug-likeness (QED) is 0.895. The van der Waals surface area contributed by atoms with Crippen molar-refractivity contribution in [3.8, 4) is 0 Å². The third-order valence-corrected chi connectivity index (χ3v) is 3.10. The topological polar surface area (TPSA) is 29.5 Å². The monoisotopic (exact) mass is 260 g/mol. The van der Waals surface area contributed by atoms with Crippen LogP contribution in [0.2, 0.25) is 0 Å². The first-order chi connectivity index (χ1) is 9.14. The third-order valence-electron chi connectivity index (χ3n) is 3.10. The molecule has 0 aliphatic rings. The largest absolute Gasteiger partial charge is 0.382 e. The van der Waals surface area contributed by atoms with E-state index in [1.807, 2.05) is 30.3 Å². The van der Waals surface area contributed by atoms with E-state index in [0.717, 1.165) is 11.1 Å². The van der Waals surface area contributed by atoms with Gasteiger partial charge < -0.3 is 9.84 Å². The number of benzene rings is 2. The van der Waals surface area contributed by atoms with Gasteiger partial charge in [0.25, 0.3) is 0 Å². The van der Waals surface area contributed by atoms with Crippen LogP contribution in [0.3, 0.4) is 0 Å². The lowest BCUT2D eigenvalue weighted by molar-refractivity contribution is -0.0355. The minimum absolute atomic E-state index is 0.189. The summed E-state index contributed by atoms with van der Waals surface area (Å²) in [5.41, 5.74) is 0.555. The van der Waals surface area contributed by atoms with Crippen molar-refractivity contribution in [3.63, 3.8) is 0 Å². The zero-order valence-corrected chi connectivity index (χ0v) is 10.8. The van der Waals surface area contributed by atoms with Gasteiger partial charge in [-0.05, 0) is 23.3 Å². The van der Waals surface area contributed by atoms with Crippen molar-refractivity contribution >= 4 is 0 Å². The van der Waals surface area contributed by atoms with Crippen LogP contribution in [0.5, 0.6) is 0 Å². The lowest BCUT2D eigenvalue weighted by atomic mass is 9.88. The molecule has 0 heterocycles. The molecule has 0 radical (unpaired) electrons. The first-order valence-electron chi connectivity index (χ1n) is 6.15. The summed E-state index contributed by atoms with van der Waals surface area (Å²) in [6, 6.07) is 15.5. The Bertz CT molecular complexity index is 510. The van der Waals surface area contributed by atoms with Crippen LogP contribution >= 0.6 is 0 Å². The molecule has 0 saturated carbocycles. The van der Waals surface area contributed by atoms with Crippen molar-refractivity contribution in [3.05, 3.63) is 71.5 Å². The van der Waals surface area contributed by atoms with Gasteiger partial charge in [0.1, 0.15) is 11.4 Å². The molecule has 1 atom stereocenters. The Balaban J connectivity index is 2.27. The average molecular weight is 260 g/mol. The predicted octanol–water partition coefficient (Wildman–Crippen LogP) is 2.90. The highest BCUT2D eigenvalue weighted by Crippen LogP contribution is 2.26. The number of rotatable bonds is 5. The van der Waals surface area contributed by atoms with Crippen molar-refractivity contribution in [1.82, 2.24) is 0 Å². The molecule has 3 heteroatoms. The maximum atomic E-state index is 12.9. The van der Waals surface area contributed by atoms with Crippen LogP contribution in [0.4, 0.5) is 4.39 Å².